The van der Waals surface area contributed by atoms with Gasteiger partial charge in [-0.15, -0.1) is 0 Å². The van der Waals surface area contributed by atoms with E-state index in [4.69, 9.17) is 21.7 Å². The van der Waals surface area contributed by atoms with E-state index in [1.165, 1.54) is 11.1 Å². The molecule has 5 aromatic carbocycles. The summed E-state index contributed by atoms with van der Waals surface area (Å²) in [4.78, 5) is 42.2. The highest BCUT2D eigenvalue weighted by Crippen LogP contribution is 2.42. The van der Waals surface area contributed by atoms with Crippen molar-refractivity contribution in [2.75, 3.05) is 22.1 Å². The van der Waals surface area contributed by atoms with Gasteiger partial charge >= 0.3 is 12.1 Å². The second kappa shape index (κ2) is 17.5. The maximum atomic E-state index is 14.5. The van der Waals surface area contributed by atoms with Crippen LogP contribution in [-0.4, -0.2) is 49.0 Å². The number of benzene rings is 5. The first-order valence-electron chi connectivity index (χ1n) is 23.5. The van der Waals surface area contributed by atoms with E-state index in [9.17, 15) is 14.4 Å². The number of hydrogen-bond donors (Lipinski definition) is 4. The van der Waals surface area contributed by atoms with Gasteiger partial charge in [0, 0.05) is 59.0 Å². The summed E-state index contributed by atoms with van der Waals surface area (Å²) in [6, 6.07) is 31.3. The summed E-state index contributed by atoms with van der Waals surface area (Å²) in [5.74, 6) is -0.131. The fourth-order valence-electron chi connectivity index (χ4n) is 10.5. The standard InChI is InChI=1S/C56H62N10O3/c1-32-14-19-40(55(6,7)8)26-46(32)64-29-44-47(52(64)67)62-66(51(44)39-17-22-42(23-18-39)60-54(58)69)49-35(4)24-37(25-36(49)5)27-56(9,10)31-63-28-43-45(30-63)61-65(48-33(2)12-11-13-34(48)3)50(43)38-15-20-41(21-16-38)59-53(57)68/h11-26H,27-31H2,1-10H3,(H3,57,59,68)(H3,58,60,69). The van der Waals surface area contributed by atoms with E-state index in [0.717, 1.165) is 110 Å². The number of hydrogen-bond acceptors (Lipinski definition) is 6. The smallest absolute Gasteiger partial charge is 0.316 e. The van der Waals surface area contributed by atoms with E-state index in [-0.39, 0.29) is 16.7 Å². The first-order chi connectivity index (χ1) is 32.6. The average molecular weight is 923 g/mol. The molecule has 0 radical (unpaired) electrons. The molecule has 9 rings (SSSR count). The Labute approximate surface area is 404 Å². The van der Waals surface area contributed by atoms with Crippen LogP contribution in [0.15, 0.2) is 97.1 Å². The molecular formula is C56H62N10O3. The van der Waals surface area contributed by atoms with Crippen LogP contribution >= 0.6 is 0 Å². The minimum absolute atomic E-state index is 0.0892. The second-order valence-corrected chi connectivity index (χ2v) is 20.9. The Morgan fingerprint density at radius 3 is 1.71 bits per heavy atom. The Morgan fingerprint density at radius 1 is 0.623 bits per heavy atom. The predicted molar refractivity (Wildman–Crippen MR) is 275 cm³/mol. The van der Waals surface area contributed by atoms with Crippen molar-refractivity contribution in [3.8, 4) is 33.9 Å². The summed E-state index contributed by atoms with van der Waals surface area (Å²) in [5.41, 5.74) is 29.9. The minimum atomic E-state index is -0.638. The molecule has 2 aliphatic rings. The van der Waals surface area contributed by atoms with Gasteiger partial charge < -0.3 is 27.0 Å². The molecule has 2 aliphatic heterocycles. The maximum absolute atomic E-state index is 14.5. The number of para-hydroxylation sites is 1. The van der Waals surface area contributed by atoms with Crippen LogP contribution in [0, 0.1) is 40.0 Å². The van der Waals surface area contributed by atoms with Crippen molar-refractivity contribution in [3.05, 3.63) is 159 Å². The van der Waals surface area contributed by atoms with Gasteiger partial charge in [-0.05, 0) is 121 Å². The summed E-state index contributed by atoms with van der Waals surface area (Å²) in [6.45, 7) is 24.4. The van der Waals surface area contributed by atoms with E-state index < -0.39 is 12.1 Å². The summed E-state index contributed by atoms with van der Waals surface area (Å²) >= 11 is 0. The Balaban J connectivity index is 1.01. The lowest BCUT2D eigenvalue weighted by atomic mass is 9.84. The van der Waals surface area contributed by atoms with Crippen molar-refractivity contribution >= 4 is 35.0 Å². The molecule has 0 aliphatic carbocycles. The summed E-state index contributed by atoms with van der Waals surface area (Å²) in [7, 11) is 0. The first-order valence-corrected chi connectivity index (χ1v) is 23.5. The number of fused-ring (bicyclic) bond motifs is 2. The molecular weight excluding hydrogens is 861 g/mol. The highest BCUT2D eigenvalue weighted by atomic mass is 16.2. The number of amides is 5. The largest absolute Gasteiger partial charge is 0.351 e. The summed E-state index contributed by atoms with van der Waals surface area (Å²) in [6.07, 6.45) is 0.837. The number of aromatic nitrogens is 4. The highest BCUT2D eigenvalue weighted by molar-refractivity contribution is 6.10. The SMILES string of the molecule is Cc1ccc(C(C)(C)C)cc1N1Cc2c(nn(-c3c(C)cc(CC(C)(C)CN4Cc5nn(-c6c(C)cccc6C)c(-c6ccc(NC(N)=O)cc6)c5C4)cc3C)c2-c2ccc(NC(N)=O)cc2)C1=O. The monoisotopic (exact) mass is 923 g/mol. The number of nitrogens with zero attached hydrogens (tertiary/aromatic N) is 6. The van der Waals surface area contributed by atoms with Crippen LogP contribution in [-0.2, 0) is 31.5 Å². The third kappa shape index (κ3) is 9.02. The van der Waals surface area contributed by atoms with Crippen LogP contribution < -0.4 is 27.0 Å². The highest BCUT2D eigenvalue weighted by Gasteiger charge is 2.38. The van der Waals surface area contributed by atoms with Crippen LogP contribution in [0.2, 0.25) is 0 Å². The van der Waals surface area contributed by atoms with Crippen molar-refractivity contribution in [1.82, 2.24) is 24.5 Å². The van der Waals surface area contributed by atoms with Crippen LogP contribution in [0.1, 0.15) is 101 Å². The van der Waals surface area contributed by atoms with Crippen molar-refractivity contribution in [2.24, 2.45) is 16.9 Å². The molecule has 0 fully saturated rings. The van der Waals surface area contributed by atoms with Gasteiger partial charge in [0.25, 0.3) is 5.91 Å². The van der Waals surface area contributed by atoms with E-state index >= 15 is 0 Å². The number of primary amides is 2. The number of aryl methyl sites for hydroxylation is 5. The molecule has 0 unspecified atom stereocenters. The molecule has 7 aromatic rings. The van der Waals surface area contributed by atoms with Gasteiger partial charge in [0.05, 0.1) is 35.0 Å². The van der Waals surface area contributed by atoms with Crippen molar-refractivity contribution in [1.29, 1.82) is 0 Å². The second-order valence-electron chi connectivity index (χ2n) is 20.9. The molecule has 0 saturated carbocycles. The third-order valence-electron chi connectivity index (χ3n) is 13.5. The van der Waals surface area contributed by atoms with Crippen molar-refractivity contribution in [3.63, 3.8) is 0 Å². The number of nitrogens with one attached hydrogen (secondary N) is 2. The van der Waals surface area contributed by atoms with Gasteiger partial charge in [0.2, 0.25) is 0 Å². The minimum Gasteiger partial charge on any atom is -0.351 e. The van der Waals surface area contributed by atoms with Crippen LogP contribution in [0.4, 0.5) is 26.7 Å². The molecule has 0 saturated heterocycles. The van der Waals surface area contributed by atoms with Gasteiger partial charge in [-0.25, -0.2) is 19.0 Å². The number of urea groups is 2. The fourth-order valence-corrected chi connectivity index (χ4v) is 10.5. The lowest BCUT2D eigenvalue weighted by molar-refractivity contribution is 0.0991. The quantitative estimate of drug-likeness (QED) is 0.101. The van der Waals surface area contributed by atoms with Gasteiger partial charge in [-0.1, -0.05) is 101 Å². The fraction of sp³-hybridized carbons (Fsp3) is 0.304. The number of anilines is 3. The molecule has 0 atom stereocenters. The van der Waals surface area contributed by atoms with Crippen molar-refractivity contribution < 1.29 is 14.4 Å². The van der Waals surface area contributed by atoms with Gasteiger partial charge in [0.15, 0.2) is 5.69 Å². The normalized spacial score (nSPS) is 13.8. The first kappa shape index (κ1) is 46.6. The topological polar surface area (TPSA) is 169 Å². The van der Waals surface area contributed by atoms with Gasteiger partial charge in [-0.2, -0.15) is 10.2 Å². The lowest BCUT2D eigenvalue weighted by Crippen LogP contribution is -2.32. The Hall–Kier alpha value is -7.51. The maximum Gasteiger partial charge on any atom is 0.316 e. The molecule has 5 amide bonds. The number of carbonyl (C=O) groups excluding carboxylic acids is 3. The van der Waals surface area contributed by atoms with Gasteiger partial charge in [-0.3, -0.25) is 9.69 Å². The molecule has 13 heteroatoms. The molecule has 0 bridgehead atoms. The van der Waals surface area contributed by atoms with E-state index in [2.05, 4.69) is 131 Å². The average Bonchev–Trinajstić information content (AvgIpc) is 3.99. The van der Waals surface area contributed by atoms with E-state index in [1.54, 1.807) is 0 Å². The van der Waals surface area contributed by atoms with Crippen LogP contribution in [0.25, 0.3) is 33.9 Å². The molecule has 4 heterocycles. The number of nitrogens with two attached hydrogens (primary N) is 2. The van der Waals surface area contributed by atoms with E-state index in [0.29, 0.717) is 23.6 Å². The number of carbonyl (C=O) groups is 3. The van der Waals surface area contributed by atoms with Crippen molar-refractivity contribution in [2.45, 2.75) is 101 Å². The molecule has 69 heavy (non-hydrogen) atoms. The molecule has 13 nitrogen and oxygen atoms in total. The molecule has 0 spiro atoms. The lowest BCUT2D eigenvalue weighted by Gasteiger charge is -2.31. The van der Waals surface area contributed by atoms with Gasteiger partial charge in [0.1, 0.15) is 0 Å². The molecule has 2 aromatic heterocycles. The Bertz CT molecular complexity index is 3150. The Morgan fingerprint density at radius 2 is 1.16 bits per heavy atom. The third-order valence-corrected chi connectivity index (χ3v) is 13.5. The van der Waals surface area contributed by atoms with Crippen LogP contribution in [0.3, 0.4) is 0 Å². The molecule has 6 N–H and O–H groups in total. The summed E-state index contributed by atoms with van der Waals surface area (Å²) in [5, 5.41) is 15.8. The predicted octanol–water partition coefficient (Wildman–Crippen LogP) is 11.0. The van der Waals surface area contributed by atoms with Crippen LogP contribution in [0.5, 0.6) is 0 Å². The Kier molecular flexibility index (Phi) is 11.8. The zero-order chi connectivity index (χ0) is 49.3. The molecule has 354 valence electrons. The zero-order valence-corrected chi connectivity index (χ0v) is 41.3. The summed E-state index contributed by atoms with van der Waals surface area (Å²) < 4.78 is 4.06. The number of rotatable bonds is 11. The zero-order valence-electron chi connectivity index (χ0n) is 41.3. The van der Waals surface area contributed by atoms with E-state index in [1.807, 2.05) is 65.0 Å².